The van der Waals surface area contributed by atoms with Crippen LogP contribution >= 0.6 is 0 Å². The van der Waals surface area contributed by atoms with E-state index in [4.69, 9.17) is 4.74 Å². The minimum atomic E-state index is -4.41. The Hall–Kier alpha value is -3.37. The van der Waals surface area contributed by atoms with Crippen molar-refractivity contribution < 1.29 is 27.8 Å². The number of halogens is 3. The number of nitrogens with zero attached hydrogens (tertiary/aromatic N) is 4. The zero-order chi connectivity index (χ0) is 28.2. The van der Waals surface area contributed by atoms with E-state index in [1.54, 1.807) is 35.6 Å². The van der Waals surface area contributed by atoms with Crippen LogP contribution in [0, 0.1) is 11.8 Å². The van der Waals surface area contributed by atoms with E-state index >= 15 is 0 Å². The van der Waals surface area contributed by atoms with Gasteiger partial charge in [0.1, 0.15) is 12.2 Å². The number of carbonyl (C=O) groups is 1. The summed E-state index contributed by atoms with van der Waals surface area (Å²) in [7, 11) is 0. The molecule has 1 atom stereocenters. The van der Waals surface area contributed by atoms with Crippen LogP contribution in [0.15, 0.2) is 61.1 Å². The number of hydrogen-bond acceptors (Lipinski definition) is 6. The standard InChI is InChI=1S/C30H33F3N4O3/c31-30(32,33)25-4-1-3-23(16-25)19-40-20-27(38)37-14-9-22(18-37)15-21-7-10-29(39,11-8-21)26-6-5-24(17-36-26)28-34-12-2-13-35-28/h1-6,12-13,16-17,21-22,39H,7-11,14-15,18-20H2. The Kier molecular flexibility index (Phi) is 8.46. The molecule has 1 aromatic carbocycles. The fraction of sp³-hybridized carbons (Fsp3) is 0.467. The molecule has 2 fully saturated rings. The molecule has 2 aromatic heterocycles. The minimum Gasteiger partial charge on any atom is -0.384 e. The Bertz CT molecular complexity index is 1280. The summed E-state index contributed by atoms with van der Waals surface area (Å²) in [5.41, 5.74) is 0.198. The highest BCUT2D eigenvalue weighted by Gasteiger charge is 2.37. The molecule has 10 heteroatoms. The molecular weight excluding hydrogens is 521 g/mol. The number of benzene rings is 1. The number of alkyl halides is 3. The number of likely N-dealkylation sites (tertiary alicyclic amines) is 1. The summed E-state index contributed by atoms with van der Waals surface area (Å²) in [6.07, 6.45) is 5.67. The van der Waals surface area contributed by atoms with Crippen LogP contribution in [0.4, 0.5) is 13.2 Å². The smallest absolute Gasteiger partial charge is 0.384 e. The van der Waals surface area contributed by atoms with Gasteiger partial charge in [0.2, 0.25) is 5.91 Å². The number of amides is 1. The molecule has 40 heavy (non-hydrogen) atoms. The van der Waals surface area contributed by atoms with Gasteiger partial charge in [-0.3, -0.25) is 9.78 Å². The van der Waals surface area contributed by atoms with E-state index in [9.17, 15) is 23.1 Å². The topological polar surface area (TPSA) is 88.4 Å². The molecule has 2 aliphatic rings. The molecule has 7 nitrogen and oxygen atoms in total. The van der Waals surface area contributed by atoms with E-state index in [2.05, 4.69) is 15.0 Å². The highest BCUT2D eigenvalue weighted by Crippen LogP contribution is 2.42. The lowest BCUT2D eigenvalue weighted by atomic mass is 9.74. The second-order valence-corrected chi connectivity index (χ2v) is 10.9. The van der Waals surface area contributed by atoms with Gasteiger partial charge in [0.25, 0.3) is 0 Å². The molecule has 1 N–H and O–H groups in total. The predicted molar refractivity (Wildman–Crippen MR) is 142 cm³/mol. The summed E-state index contributed by atoms with van der Waals surface area (Å²) in [6.45, 7) is 1.13. The van der Waals surface area contributed by atoms with E-state index in [0.29, 0.717) is 54.8 Å². The number of rotatable bonds is 8. The number of carbonyl (C=O) groups excluding carboxylic acids is 1. The molecular formula is C30H33F3N4O3. The highest BCUT2D eigenvalue weighted by molar-refractivity contribution is 5.77. The molecule has 0 spiro atoms. The van der Waals surface area contributed by atoms with Gasteiger partial charge in [-0.2, -0.15) is 13.2 Å². The molecule has 212 valence electrons. The number of aliphatic hydroxyl groups is 1. The molecule has 1 aliphatic carbocycles. The van der Waals surface area contributed by atoms with Gasteiger partial charge in [0.05, 0.1) is 17.9 Å². The zero-order valence-electron chi connectivity index (χ0n) is 22.2. The first kappa shape index (κ1) is 28.2. The summed E-state index contributed by atoms with van der Waals surface area (Å²) in [4.78, 5) is 27.4. The summed E-state index contributed by atoms with van der Waals surface area (Å²) in [5, 5.41) is 11.3. The minimum absolute atomic E-state index is 0.0461. The molecule has 1 unspecified atom stereocenters. The summed E-state index contributed by atoms with van der Waals surface area (Å²) in [6, 6.07) is 10.5. The van der Waals surface area contributed by atoms with E-state index in [1.807, 2.05) is 12.1 Å². The molecule has 1 saturated carbocycles. The molecule has 1 aliphatic heterocycles. The van der Waals surface area contributed by atoms with Crippen LogP contribution in [-0.2, 0) is 27.9 Å². The lowest BCUT2D eigenvalue weighted by Gasteiger charge is -2.36. The van der Waals surface area contributed by atoms with Crippen molar-refractivity contribution in [3.63, 3.8) is 0 Å². The van der Waals surface area contributed by atoms with Crippen molar-refractivity contribution in [2.24, 2.45) is 11.8 Å². The van der Waals surface area contributed by atoms with Gasteiger partial charge in [-0.1, -0.05) is 12.1 Å². The second-order valence-electron chi connectivity index (χ2n) is 10.9. The fourth-order valence-corrected chi connectivity index (χ4v) is 5.80. The maximum absolute atomic E-state index is 12.9. The van der Waals surface area contributed by atoms with Crippen molar-refractivity contribution in [3.05, 3.63) is 77.9 Å². The highest BCUT2D eigenvalue weighted by atomic mass is 19.4. The van der Waals surface area contributed by atoms with Crippen molar-refractivity contribution in [2.45, 2.75) is 56.9 Å². The van der Waals surface area contributed by atoms with Crippen molar-refractivity contribution >= 4 is 5.91 Å². The number of ether oxygens (including phenoxy) is 1. The summed E-state index contributed by atoms with van der Waals surface area (Å²) < 4.78 is 44.1. The largest absolute Gasteiger partial charge is 0.416 e. The van der Waals surface area contributed by atoms with Crippen molar-refractivity contribution in [1.82, 2.24) is 19.9 Å². The van der Waals surface area contributed by atoms with Gasteiger partial charge in [0.15, 0.2) is 5.82 Å². The van der Waals surface area contributed by atoms with Crippen LogP contribution in [0.3, 0.4) is 0 Å². The SMILES string of the molecule is O=C(COCc1cccc(C(F)(F)F)c1)N1CCC(CC2CCC(O)(c3ccc(-c4ncccn4)cn3)CC2)C1. The molecule has 3 aromatic rings. The average molecular weight is 555 g/mol. The number of pyridine rings is 1. The Labute approximate surface area is 231 Å². The predicted octanol–water partition coefficient (Wildman–Crippen LogP) is 5.39. The van der Waals surface area contributed by atoms with Crippen molar-refractivity contribution in [3.8, 4) is 11.4 Å². The van der Waals surface area contributed by atoms with Crippen molar-refractivity contribution in [1.29, 1.82) is 0 Å². The molecule has 0 bridgehead atoms. The van der Waals surface area contributed by atoms with E-state index < -0.39 is 17.3 Å². The first-order chi connectivity index (χ1) is 19.2. The van der Waals surface area contributed by atoms with Gasteiger partial charge < -0.3 is 14.7 Å². The monoisotopic (exact) mass is 554 g/mol. The lowest BCUT2D eigenvalue weighted by Crippen LogP contribution is -2.34. The Morgan fingerprint density at radius 3 is 2.50 bits per heavy atom. The fourth-order valence-electron chi connectivity index (χ4n) is 5.80. The average Bonchev–Trinajstić information content (AvgIpc) is 3.43. The molecule has 1 amide bonds. The maximum Gasteiger partial charge on any atom is 0.416 e. The third-order valence-electron chi connectivity index (χ3n) is 8.05. The van der Waals surface area contributed by atoms with Crippen LogP contribution in [0.1, 0.15) is 55.3 Å². The number of hydrogen-bond donors (Lipinski definition) is 1. The van der Waals surface area contributed by atoms with Crippen LogP contribution in [0.25, 0.3) is 11.4 Å². The zero-order valence-corrected chi connectivity index (χ0v) is 22.2. The van der Waals surface area contributed by atoms with E-state index in [-0.39, 0.29) is 19.1 Å². The Balaban J connectivity index is 1.05. The first-order valence-corrected chi connectivity index (χ1v) is 13.7. The number of aromatic nitrogens is 3. The third-order valence-corrected chi connectivity index (χ3v) is 8.05. The third kappa shape index (κ3) is 6.85. The van der Waals surface area contributed by atoms with Crippen molar-refractivity contribution in [2.75, 3.05) is 19.7 Å². The molecule has 3 heterocycles. The van der Waals surface area contributed by atoms with Gasteiger partial charge in [-0.15, -0.1) is 0 Å². The van der Waals surface area contributed by atoms with Crippen LogP contribution in [0.5, 0.6) is 0 Å². The molecule has 5 rings (SSSR count). The molecule has 1 saturated heterocycles. The van der Waals surface area contributed by atoms with Gasteiger partial charge in [0, 0.05) is 37.2 Å². The normalized spacial score (nSPS) is 23.4. The van der Waals surface area contributed by atoms with Gasteiger partial charge >= 0.3 is 6.18 Å². The first-order valence-electron chi connectivity index (χ1n) is 13.7. The van der Waals surface area contributed by atoms with E-state index in [1.165, 1.54) is 6.07 Å². The van der Waals surface area contributed by atoms with Crippen LogP contribution in [0.2, 0.25) is 0 Å². The maximum atomic E-state index is 12.9. The Morgan fingerprint density at radius 2 is 1.80 bits per heavy atom. The lowest BCUT2D eigenvalue weighted by molar-refractivity contribution is -0.138. The van der Waals surface area contributed by atoms with Gasteiger partial charge in [-0.25, -0.2) is 9.97 Å². The Morgan fingerprint density at radius 1 is 1.02 bits per heavy atom. The van der Waals surface area contributed by atoms with Crippen LogP contribution in [-0.4, -0.2) is 50.6 Å². The second kappa shape index (κ2) is 12.0. The van der Waals surface area contributed by atoms with Crippen LogP contribution < -0.4 is 0 Å². The quantitative estimate of drug-likeness (QED) is 0.402. The summed E-state index contributed by atoms with van der Waals surface area (Å²) >= 11 is 0. The van der Waals surface area contributed by atoms with Gasteiger partial charge in [-0.05, 0) is 86.3 Å². The molecule has 0 radical (unpaired) electrons. The summed E-state index contributed by atoms with van der Waals surface area (Å²) in [5.74, 6) is 1.34. The van der Waals surface area contributed by atoms with E-state index in [0.717, 1.165) is 43.4 Å².